The van der Waals surface area contributed by atoms with Crippen molar-refractivity contribution < 1.29 is 29.0 Å². The quantitative estimate of drug-likeness (QED) is 0.650. The van der Waals surface area contributed by atoms with E-state index < -0.39 is 35.3 Å². The number of benzene rings is 1. The standard InChI is InChI=1S/C19H28N2O6/c1-18(2,3)26-14(22)11-20-13-9-7-8-12(10-13)15(16(23)24)21-17(25)27-19(4,5)6/h7-10,15,20H,11H2,1-6H3,(H,21,25)(H,23,24)/t15-/m1/s1. The summed E-state index contributed by atoms with van der Waals surface area (Å²) in [4.78, 5) is 35.3. The summed E-state index contributed by atoms with van der Waals surface area (Å²) >= 11 is 0. The van der Waals surface area contributed by atoms with Crippen LogP contribution < -0.4 is 10.6 Å². The number of carboxylic acids is 1. The van der Waals surface area contributed by atoms with Gasteiger partial charge < -0.3 is 25.2 Å². The fraction of sp³-hybridized carbons (Fsp3) is 0.526. The molecule has 0 aromatic heterocycles. The van der Waals surface area contributed by atoms with E-state index in [1.54, 1.807) is 65.8 Å². The highest BCUT2D eigenvalue weighted by Crippen LogP contribution is 2.19. The van der Waals surface area contributed by atoms with Crippen LogP contribution in [0.2, 0.25) is 0 Å². The molecule has 0 radical (unpaired) electrons. The number of rotatable bonds is 6. The van der Waals surface area contributed by atoms with Gasteiger partial charge in [-0.2, -0.15) is 0 Å². The molecule has 0 fully saturated rings. The van der Waals surface area contributed by atoms with E-state index in [4.69, 9.17) is 9.47 Å². The molecule has 1 rings (SSSR count). The number of hydrogen-bond acceptors (Lipinski definition) is 6. The van der Waals surface area contributed by atoms with Gasteiger partial charge in [-0.15, -0.1) is 0 Å². The summed E-state index contributed by atoms with van der Waals surface area (Å²) < 4.78 is 10.3. The zero-order valence-electron chi connectivity index (χ0n) is 16.6. The molecule has 1 atom stereocenters. The third-order valence-electron chi connectivity index (χ3n) is 2.98. The van der Waals surface area contributed by atoms with Crippen molar-refractivity contribution in [2.75, 3.05) is 11.9 Å². The van der Waals surface area contributed by atoms with Gasteiger partial charge in [0.05, 0.1) is 0 Å². The lowest BCUT2D eigenvalue weighted by Gasteiger charge is -2.22. The highest BCUT2D eigenvalue weighted by atomic mass is 16.6. The lowest BCUT2D eigenvalue weighted by Crippen LogP contribution is -2.38. The third kappa shape index (κ3) is 8.94. The second-order valence-electron chi connectivity index (χ2n) is 7.98. The molecule has 3 N–H and O–H groups in total. The SMILES string of the molecule is CC(C)(C)OC(=O)CNc1cccc([C@@H](NC(=O)OC(C)(C)C)C(=O)O)c1. The van der Waals surface area contributed by atoms with E-state index >= 15 is 0 Å². The predicted octanol–water partition coefficient (Wildman–Crippen LogP) is 3.09. The summed E-state index contributed by atoms with van der Waals surface area (Å²) in [6.45, 7) is 10.3. The van der Waals surface area contributed by atoms with E-state index in [2.05, 4.69) is 10.6 Å². The Bertz CT molecular complexity index is 688. The molecule has 1 aromatic rings. The number of carbonyl (C=O) groups is 3. The molecular formula is C19H28N2O6. The molecule has 1 amide bonds. The smallest absolute Gasteiger partial charge is 0.408 e. The largest absolute Gasteiger partial charge is 0.479 e. The van der Waals surface area contributed by atoms with E-state index in [1.165, 1.54) is 0 Å². The molecule has 0 spiro atoms. The van der Waals surface area contributed by atoms with Crippen molar-refractivity contribution in [3.63, 3.8) is 0 Å². The number of alkyl carbamates (subject to hydrolysis) is 1. The van der Waals surface area contributed by atoms with Crippen molar-refractivity contribution >= 4 is 23.7 Å². The average Bonchev–Trinajstić information content (AvgIpc) is 2.47. The molecule has 0 saturated carbocycles. The van der Waals surface area contributed by atoms with Crippen molar-refractivity contribution in [3.8, 4) is 0 Å². The first-order valence-corrected chi connectivity index (χ1v) is 8.55. The summed E-state index contributed by atoms with van der Waals surface area (Å²) in [7, 11) is 0. The Kier molecular flexibility index (Phi) is 7.21. The molecule has 0 aliphatic carbocycles. The Hall–Kier alpha value is -2.77. The Labute approximate surface area is 159 Å². The molecule has 0 unspecified atom stereocenters. The zero-order chi connectivity index (χ0) is 20.8. The first-order valence-electron chi connectivity index (χ1n) is 8.55. The third-order valence-corrected chi connectivity index (χ3v) is 2.98. The van der Waals surface area contributed by atoms with Gasteiger partial charge in [-0.05, 0) is 59.2 Å². The van der Waals surface area contributed by atoms with Crippen molar-refractivity contribution in [1.82, 2.24) is 5.32 Å². The number of carboxylic acid groups (broad SMARTS) is 1. The van der Waals surface area contributed by atoms with Crippen LogP contribution in [0.4, 0.5) is 10.5 Å². The molecule has 1 aromatic carbocycles. The molecule has 8 heteroatoms. The summed E-state index contributed by atoms with van der Waals surface area (Å²) in [5.74, 6) is -1.67. The van der Waals surface area contributed by atoms with Crippen LogP contribution in [0.5, 0.6) is 0 Å². The van der Waals surface area contributed by atoms with Gasteiger partial charge in [0.15, 0.2) is 6.04 Å². The minimum atomic E-state index is -1.29. The van der Waals surface area contributed by atoms with Gasteiger partial charge in [-0.3, -0.25) is 4.79 Å². The zero-order valence-corrected chi connectivity index (χ0v) is 16.6. The monoisotopic (exact) mass is 380 g/mol. The van der Waals surface area contributed by atoms with Crippen molar-refractivity contribution in [1.29, 1.82) is 0 Å². The molecule has 0 bridgehead atoms. The van der Waals surface area contributed by atoms with Gasteiger partial charge in [0.2, 0.25) is 0 Å². The van der Waals surface area contributed by atoms with E-state index in [0.717, 1.165) is 0 Å². The highest BCUT2D eigenvalue weighted by molar-refractivity contribution is 5.82. The maximum Gasteiger partial charge on any atom is 0.408 e. The minimum absolute atomic E-state index is 0.0715. The first kappa shape index (κ1) is 22.3. The number of aliphatic carboxylic acids is 1. The second-order valence-corrected chi connectivity index (χ2v) is 7.98. The number of amides is 1. The van der Waals surface area contributed by atoms with Gasteiger partial charge in [0.1, 0.15) is 17.7 Å². The Morgan fingerprint density at radius 3 is 2.15 bits per heavy atom. The number of esters is 1. The fourth-order valence-electron chi connectivity index (χ4n) is 2.09. The lowest BCUT2D eigenvalue weighted by molar-refractivity contribution is -0.152. The predicted molar refractivity (Wildman–Crippen MR) is 101 cm³/mol. The van der Waals surface area contributed by atoms with Crippen molar-refractivity contribution in [3.05, 3.63) is 29.8 Å². The number of hydrogen-bond donors (Lipinski definition) is 3. The molecule has 8 nitrogen and oxygen atoms in total. The van der Waals surface area contributed by atoms with Crippen LogP contribution in [0.15, 0.2) is 24.3 Å². The van der Waals surface area contributed by atoms with E-state index in [1.807, 2.05) is 0 Å². The van der Waals surface area contributed by atoms with Gasteiger partial charge in [-0.1, -0.05) is 12.1 Å². The van der Waals surface area contributed by atoms with Crippen molar-refractivity contribution in [2.45, 2.75) is 58.8 Å². The Balaban J connectivity index is 2.82. The van der Waals surface area contributed by atoms with E-state index in [0.29, 0.717) is 11.3 Å². The molecule has 0 aliphatic rings. The highest BCUT2D eigenvalue weighted by Gasteiger charge is 2.25. The summed E-state index contributed by atoms with van der Waals surface area (Å²) in [6, 6.07) is 5.12. The van der Waals surface area contributed by atoms with Crippen LogP contribution in [-0.2, 0) is 19.1 Å². The molecule has 150 valence electrons. The molecule has 0 heterocycles. The van der Waals surface area contributed by atoms with Gasteiger partial charge in [0.25, 0.3) is 0 Å². The Morgan fingerprint density at radius 2 is 1.63 bits per heavy atom. The maximum absolute atomic E-state index is 11.9. The molecule has 0 saturated heterocycles. The van der Waals surface area contributed by atoms with Crippen molar-refractivity contribution in [2.24, 2.45) is 0 Å². The van der Waals surface area contributed by atoms with Gasteiger partial charge in [0, 0.05) is 5.69 Å². The topological polar surface area (TPSA) is 114 Å². The van der Waals surface area contributed by atoms with Crippen LogP contribution in [0.1, 0.15) is 53.1 Å². The minimum Gasteiger partial charge on any atom is -0.479 e. The summed E-state index contributed by atoms with van der Waals surface area (Å²) in [5.41, 5.74) is -0.478. The van der Waals surface area contributed by atoms with E-state index in [-0.39, 0.29) is 6.54 Å². The number of nitrogens with one attached hydrogen (secondary N) is 2. The van der Waals surface area contributed by atoms with Crippen LogP contribution >= 0.6 is 0 Å². The average molecular weight is 380 g/mol. The van der Waals surface area contributed by atoms with E-state index in [9.17, 15) is 19.5 Å². The normalized spacial score (nSPS) is 12.7. The molecule has 0 aliphatic heterocycles. The second kappa shape index (κ2) is 8.75. The number of anilines is 1. The van der Waals surface area contributed by atoms with Crippen LogP contribution in [-0.4, -0.2) is 40.9 Å². The first-order chi connectivity index (χ1) is 12.3. The maximum atomic E-state index is 11.9. The molecular weight excluding hydrogens is 352 g/mol. The van der Waals surface area contributed by atoms with Gasteiger partial charge >= 0.3 is 18.0 Å². The van der Waals surface area contributed by atoms with Crippen LogP contribution in [0.3, 0.4) is 0 Å². The summed E-state index contributed by atoms with van der Waals surface area (Å²) in [5, 5.41) is 14.7. The van der Waals surface area contributed by atoms with Crippen LogP contribution in [0.25, 0.3) is 0 Å². The Morgan fingerprint density at radius 1 is 1.04 bits per heavy atom. The summed E-state index contributed by atoms with van der Waals surface area (Å²) in [6.07, 6.45) is -0.831. The number of ether oxygens (including phenoxy) is 2. The van der Waals surface area contributed by atoms with Gasteiger partial charge in [-0.25, -0.2) is 9.59 Å². The molecule has 27 heavy (non-hydrogen) atoms. The van der Waals surface area contributed by atoms with Crippen LogP contribution in [0, 0.1) is 0 Å². The number of carbonyl (C=O) groups excluding carboxylic acids is 2. The fourth-order valence-corrected chi connectivity index (χ4v) is 2.09. The lowest BCUT2D eigenvalue weighted by atomic mass is 10.1.